The largest absolute Gasteiger partial charge is 0.456 e. The van der Waals surface area contributed by atoms with Crippen LogP contribution >= 0.6 is 11.3 Å². The predicted octanol–water partition coefficient (Wildman–Crippen LogP) is 14.4. The second-order valence-corrected chi connectivity index (χ2v) is 14.8. The van der Waals surface area contributed by atoms with Gasteiger partial charge >= 0.3 is 0 Å². The molecule has 3 aromatic heterocycles. The van der Waals surface area contributed by atoms with Crippen molar-refractivity contribution in [3.63, 3.8) is 0 Å². The maximum atomic E-state index is 6.67. The standard InChI is InChI=1S/C50H31N3OS/c1-3-14-34(15-4-1)47-49-48(41-20-9-10-24-45(41)55-49)52-50(51-47)42-22-12-23-43-46(42)40-30-29-37(31-44(40)54-43)53(35-17-5-2-6-18-35)36-27-25-33(26-28-36)39-21-11-16-32-13-7-8-19-38(32)39/h1-31H. The Morgan fingerprint density at radius 1 is 0.455 bits per heavy atom. The van der Waals surface area contributed by atoms with E-state index in [4.69, 9.17) is 14.4 Å². The van der Waals surface area contributed by atoms with Gasteiger partial charge in [-0.2, -0.15) is 0 Å². The molecule has 4 nitrogen and oxygen atoms in total. The highest BCUT2D eigenvalue weighted by Gasteiger charge is 2.21. The highest BCUT2D eigenvalue weighted by Crippen LogP contribution is 2.44. The van der Waals surface area contributed by atoms with Crippen LogP contribution in [0.5, 0.6) is 0 Å². The molecule has 55 heavy (non-hydrogen) atoms. The third-order valence-corrected chi connectivity index (χ3v) is 11.7. The summed E-state index contributed by atoms with van der Waals surface area (Å²) in [5, 5.41) is 5.66. The maximum Gasteiger partial charge on any atom is 0.161 e. The van der Waals surface area contributed by atoms with Gasteiger partial charge in [0.05, 0.1) is 15.9 Å². The van der Waals surface area contributed by atoms with Crippen molar-refractivity contribution in [3.8, 4) is 33.8 Å². The van der Waals surface area contributed by atoms with Crippen molar-refractivity contribution >= 4 is 81.4 Å². The summed E-state index contributed by atoms with van der Waals surface area (Å²) >= 11 is 1.75. The Kier molecular flexibility index (Phi) is 7.32. The van der Waals surface area contributed by atoms with E-state index in [0.29, 0.717) is 5.82 Å². The van der Waals surface area contributed by atoms with E-state index < -0.39 is 0 Å². The monoisotopic (exact) mass is 721 g/mol. The van der Waals surface area contributed by atoms with Crippen LogP contribution in [0.25, 0.3) is 86.8 Å². The van der Waals surface area contributed by atoms with Gasteiger partial charge in [0.25, 0.3) is 0 Å². The lowest BCUT2D eigenvalue weighted by Crippen LogP contribution is -2.09. The van der Waals surface area contributed by atoms with Gasteiger partial charge in [-0.25, -0.2) is 9.97 Å². The molecule has 5 heteroatoms. The summed E-state index contributed by atoms with van der Waals surface area (Å²) < 4.78 is 8.97. The average molecular weight is 722 g/mol. The minimum atomic E-state index is 0.685. The van der Waals surface area contributed by atoms with E-state index in [1.807, 2.05) is 18.2 Å². The molecule has 0 atom stereocenters. The summed E-state index contributed by atoms with van der Waals surface area (Å²) in [6, 6.07) is 66.0. The van der Waals surface area contributed by atoms with Gasteiger partial charge < -0.3 is 9.32 Å². The molecule has 3 heterocycles. The van der Waals surface area contributed by atoms with Crippen molar-refractivity contribution in [2.24, 2.45) is 0 Å². The number of thiophene rings is 1. The lowest BCUT2D eigenvalue weighted by atomic mass is 9.98. The van der Waals surface area contributed by atoms with Crippen molar-refractivity contribution in [1.29, 1.82) is 0 Å². The lowest BCUT2D eigenvalue weighted by molar-refractivity contribution is 0.669. The Morgan fingerprint density at radius 2 is 1.13 bits per heavy atom. The molecule has 0 aliphatic carbocycles. The van der Waals surface area contributed by atoms with E-state index >= 15 is 0 Å². The second-order valence-electron chi connectivity index (χ2n) is 13.7. The second kappa shape index (κ2) is 12.8. The number of para-hydroxylation sites is 1. The van der Waals surface area contributed by atoms with E-state index in [0.717, 1.165) is 71.4 Å². The fourth-order valence-electron chi connectivity index (χ4n) is 7.93. The number of anilines is 3. The molecule has 11 rings (SSSR count). The van der Waals surface area contributed by atoms with Crippen LogP contribution in [0.4, 0.5) is 17.1 Å². The predicted molar refractivity (Wildman–Crippen MR) is 231 cm³/mol. The molecule has 11 aromatic rings. The molecule has 0 amide bonds. The van der Waals surface area contributed by atoms with Crippen LogP contribution < -0.4 is 4.90 Å². The topological polar surface area (TPSA) is 42.2 Å². The maximum absolute atomic E-state index is 6.67. The van der Waals surface area contributed by atoms with Crippen LogP contribution in [0.2, 0.25) is 0 Å². The Bertz CT molecular complexity index is 3200. The van der Waals surface area contributed by atoms with E-state index in [-0.39, 0.29) is 0 Å². The highest BCUT2D eigenvalue weighted by molar-refractivity contribution is 7.26. The molecule has 0 fully saturated rings. The molecule has 0 unspecified atom stereocenters. The van der Waals surface area contributed by atoms with Crippen LogP contribution in [-0.2, 0) is 0 Å². The summed E-state index contributed by atoms with van der Waals surface area (Å²) in [5.41, 5.74) is 11.1. The van der Waals surface area contributed by atoms with E-state index in [2.05, 4.69) is 175 Å². The van der Waals surface area contributed by atoms with Crippen molar-refractivity contribution in [3.05, 3.63) is 188 Å². The summed E-state index contributed by atoms with van der Waals surface area (Å²) in [5.74, 6) is 0.685. The summed E-state index contributed by atoms with van der Waals surface area (Å²) in [6.45, 7) is 0. The van der Waals surface area contributed by atoms with Gasteiger partial charge in [-0.1, -0.05) is 133 Å². The minimum Gasteiger partial charge on any atom is -0.456 e. The smallest absolute Gasteiger partial charge is 0.161 e. The molecule has 0 bridgehead atoms. The van der Waals surface area contributed by atoms with Crippen molar-refractivity contribution in [2.45, 2.75) is 0 Å². The molecule has 258 valence electrons. The lowest BCUT2D eigenvalue weighted by Gasteiger charge is -2.25. The zero-order chi connectivity index (χ0) is 36.3. The molecule has 0 N–H and O–H groups in total. The first kappa shape index (κ1) is 31.4. The van der Waals surface area contributed by atoms with Gasteiger partial charge in [-0.3, -0.25) is 0 Å². The average Bonchev–Trinajstić information content (AvgIpc) is 3.82. The van der Waals surface area contributed by atoms with Crippen molar-refractivity contribution in [2.75, 3.05) is 4.90 Å². The number of hydrogen-bond donors (Lipinski definition) is 0. The molecular formula is C50H31N3OS. The summed E-state index contributed by atoms with van der Waals surface area (Å²) in [6.07, 6.45) is 0. The summed E-state index contributed by atoms with van der Waals surface area (Å²) in [4.78, 5) is 12.9. The molecule has 8 aromatic carbocycles. The Labute approximate surface area is 321 Å². The van der Waals surface area contributed by atoms with Gasteiger partial charge in [-0.15, -0.1) is 11.3 Å². The van der Waals surface area contributed by atoms with E-state index in [1.165, 1.54) is 26.6 Å². The third-order valence-electron chi connectivity index (χ3n) is 10.5. The van der Waals surface area contributed by atoms with Crippen LogP contribution in [-0.4, -0.2) is 9.97 Å². The zero-order valence-electron chi connectivity index (χ0n) is 29.6. The van der Waals surface area contributed by atoms with Gasteiger partial charge in [0.15, 0.2) is 5.82 Å². The molecule has 0 aliphatic rings. The number of benzene rings is 8. The zero-order valence-corrected chi connectivity index (χ0v) is 30.4. The van der Waals surface area contributed by atoms with Gasteiger partial charge in [-0.05, 0) is 70.4 Å². The molecule has 0 aliphatic heterocycles. The van der Waals surface area contributed by atoms with Crippen LogP contribution in [0.1, 0.15) is 0 Å². The van der Waals surface area contributed by atoms with Gasteiger partial charge in [0.1, 0.15) is 11.2 Å². The molecule has 0 radical (unpaired) electrons. The first-order chi connectivity index (χ1) is 27.3. The van der Waals surface area contributed by atoms with E-state index in [9.17, 15) is 0 Å². The third kappa shape index (κ3) is 5.28. The first-order valence-electron chi connectivity index (χ1n) is 18.4. The van der Waals surface area contributed by atoms with E-state index in [1.54, 1.807) is 11.3 Å². The van der Waals surface area contributed by atoms with Gasteiger partial charge in [0.2, 0.25) is 0 Å². The highest BCUT2D eigenvalue weighted by atomic mass is 32.1. The van der Waals surface area contributed by atoms with Crippen molar-refractivity contribution < 1.29 is 4.42 Å². The molecular weight excluding hydrogens is 691 g/mol. The number of aromatic nitrogens is 2. The number of rotatable bonds is 6. The Hall–Kier alpha value is -7.08. The van der Waals surface area contributed by atoms with Crippen LogP contribution in [0.15, 0.2) is 192 Å². The molecule has 0 spiro atoms. The summed E-state index contributed by atoms with van der Waals surface area (Å²) in [7, 11) is 0. The number of fused-ring (bicyclic) bond motifs is 7. The normalized spacial score (nSPS) is 11.6. The van der Waals surface area contributed by atoms with Crippen molar-refractivity contribution in [1.82, 2.24) is 9.97 Å². The number of furan rings is 1. The number of hydrogen-bond acceptors (Lipinski definition) is 5. The Balaban J connectivity index is 1.05. The first-order valence-corrected chi connectivity index (χ1v) is 19.2. The Morgan fingerprint density at radius 3 is 1.98 bits per heavy atom. The fraction of sp³-hybridized carbons (Fsp3) is 0. The number of nitrogens with zero attached hydrogens (tertiary/aromatic N) is 3. The van der Waals surface area contributed by atoms with Crippen LogP contribution in [0, 0.1) is 0 Å². The van der Waals surface area contributed by atoms with Gasteiger partial charge in [0, 0.05) is 55.1 Å². The SMILES string of the molecule is c1ccc(-c2nc(-c3cccc4oc5cc(N(c6ccccc6)c6ccc(-c7cccc8ccccc78)cc6)ccc5c34)nc3c2sc2ccccc23)cc1. The quantitative estimate of drug-likeness (QED) is 0.171. The molecule has 0 saturated carbocycles. The minimum absolute atomic E-state index is 0.685. The van der Waals surface area contributed by atoms with Crippen LogP contribution in [0.3, 0.4) is 0 Å². The molecule has 0 saturated heterocycles. The fourth-order valence-corrected chi connectivity index (χ4v) is 9.09.